The zero-order valence-electron chi connectivity index (χ0n) is 15.6. The molecule has 3 aromatic rings. The second-order valence-electron chi connectivity index (χ2n) is 6.28. The van der Waals surface area contributed by atoms with Gasteiger partial charge in [0.15, 0.2) is 0 Å². The number of anilines is 1. The summed E-state index contributed by atoms with van der Waals surface area (Å²) >= 11 is 1.06. The first kappa shape index (κ1) is 20.5. The number of amides is 1. The lowest BCUT2D eigenvalue weighted by Crippen LogP contribution is -2.13. The van der Waals surface area contributed by atoms with Crippen molar-refractivity contribution in [3.63, 3.8) is 0 Å². The molecule has 0 bridgehead atoms. The Labute approximate surface area is 169 Å². The molecule has 0 saturated carbocycles. The van der Waals surface area contributed by atoms with Crippen molar-refractivity contribution in [2.75, 3.05) is 19.4 Å². The van der Waals surface area contributed by atoms with Gasteiger partial charge in [-0.1, -0.05) is 47.7 Å². The molecule has 0 saturated heterocycles. The molecule has 0 atom stereocenters. The third kappa shape index (κ3) is 5.20. The number of aromatic nitrogens is 1. The zero-order chi connectivity index (χ0) is 21.0. The van der Waals surface area contributed by atoms with Crippen molar-refractivity contribution in [2.45, 2.75) is 6.18 Å². The quantitative estimate of drug-likeness (QED) is 0.452. The molecule has 0 unspecified atom stereocenters. The maximum atomic E-state index is 12.9. The average Bonchev–Trinajstić information content (AvgIpc) is 3.11. The molecule has 1 amide bonds. The summed E-state index contributed by atoms with van der Waals surface area (Å²) in [5.74, 6) is -0.549. The summed E-state index contributed by atoms with van der Waals surface area (Å²) in [6.45, 7) is 0. The summed E-state index contributed by atoms with van der Waals surface area (Å²) in [5.41, 5.74) is 0.352. The van der Waals surface area contributed by atoms with E-state index in [4.69, 9.17) is 0 Å². The van der Waals surface area contributed by atoms with E-state index in [1.807, 2.05) is 18.2 Å². The van der Waals surface area contributed by atoms with Crippen LogP contribution in [-0.2, 0) is 6.18 Å². The Bertz CT molecular complexity index is 1030. The maximum Gasteiger partial charge on any atom is 0.416 e. The third-order valence-corrected chi connectivity index (χ3v) is 4.68. The lowest BCUT2D eigenvalue weighted by molar-refractivity contribution is -0.137. The molecule has 0 aliphatic rings. The van der Waals surface area contributed by atoms with Crippen molar-refractivity contribution in [2.24, 2.45) is 4.99 Å². The van der Waals surface area contributed by atoms with Crippen molar-refractivity contribution in [1.82, 2.24) is 9.88 Å². The van der Waals surface area contributed by atoms with Crippen molar-refractivity contribution in [3.05, 3.63) is 65.0 Å². The Balaban J connectivity index is 1.95. The molecule has 2 aromatic carbocycles. The van der Waals surface area contributed by atoms with E-state index < -0.39 is 17.6 Å². The topological polar surface area (TPSA) is 57.6 Å². The van der Waals surface area contributed by atoms with Gasteiger partial charge < -0.3 is 10.2 Å². The lowest BCUT2D eigenvalue weighted by atomic mass is 10.1. The molecule has 29 heavy (non-hydrogen) atoms. The highest BCUT2D eigenvalue weighted by atomic mass is 32.1. The van der Waals surface area contributed by atoms with Crippen LogP contribution in [0.5, 0.6) is 0 Å². The number of alkyl halides is 3. The van der Waals surface area contributed by atoms with Gasteiger partial charge in [-0.15, -0.1) is 0 Å². The zero-order valence-corrected chi connectivity index (χ0v) is 16.4. The van der Waals surface area contributed by atoms with Crippen LogP contribution in [0.3, 0.4) is 0 Å². The second kappa shape index (κ2) is 8.44. The number of carbonyl (C=O) groups excluding carboxylic acids is 1. The molecule has 3 rings (SSSR count). The Hall–Kier alpha value is -3.20. The van der Waals surface area contributed by atoms with Crippen molar-refractivity contribution in [1.29, 1.82) is 0 Å². The number of halogens is 3. The van der Waals surface area contributed by atoms with E-state index in [1.54, 1.807) is 37.5 Å². The van der Waals surface area contributed by atoms with E-state index in [2.05, 4.69) is 15.3 Å². The number of benzene rings is 2. The first-order valence-electron chi connectivity index (χ1n) is 8.49. The number of nitrogens with zero attached hydrogens (tertiary/aromatic N) is 3. The minimum absolute atomic E-state index is 0.0515. The van der Waals surface area contributed by atoms with E-state index in [0.29, 0.717) is 16.4 Å². The first-order valence-corrected chi connectivity index (χ1v) is 9.31. The Morgan fingerprint density at radius 2 is 1.86 bits per heavy atom. The number of hydrogen-bond acceptors (Lipinski definition) is 4. The van der Waals surface area contributed by atoms with Crippen LogP contribution >= 0.6 is 11.3 Å². The normalized spacial score (nSPS) is 11.6. The van der Waals surface area contributed by atoms with E-state index >= 15 is 0 Å². The highest BCUT2D eigenvalue weighted by Crippen LogP contribution is 2.34. The van der Waals surface area contributed by atoms with Gasteiger partial charge in [-0.3, -0.25) is 4.79 Å². The predicted octanol–water partition coefficient (Wildman–Crippen LogP) is 5.30. The Morgan fingerprint density at radius 3 is 2.52 bits per heavy atom. The number of nitrogens with one attached hydrogen (secondary N) is 1. The molecule has 0 radical (unpaired) electrons. The van der Waals surface area contributed by atoms with Gasteiger partial charge in [-0.2, -0.15) is 13.2 Å². The minimum Gasteiger partial charge on any atom is -0.369 e. The number of thiazole rings is 1. The van der Waals surface area contributed by atoms with E-state index in [1.165, 1.54) is 12.1 Å². The molecule has 0 aliphatic carbocycles. The van der Waals surface area contributed by atoms with Crippen LogP contribution < -0.4 is 5.32 Å². The SMILES string of the molecule is CN(C)/C=N/c1nc(-c2ccccc2)c(C(=O)Nc2cccc(C(F)(F)F)c2)s1. The number of carbonyl (C=O) groups is 1. The smallest absolute Gasteiger partial charge is 0.369 e. The highest BCUT2D eigenvalue weighted by molar-refractivity contribution is 7.17. The summed E-state index contributed by atoms with van der Waals surface area (Å²) in [4.78, 5) is 23.5. The summed E-state index contributed by atoms with van der Waals surface area (Å²) in [6.07, 6.45) is -2.93. The van der Waals surface area contributed by atoms with Crippen LogP contribution in [0, 0.1) is 0 Å². The van der Waals surface area contributed by atoms with Gasteiger partial charge in [0.1, 0.15) is 4.88 Å². The monoisotopic (exact) mass is 418 g/mol. The molecule has 0 spiro atoms. The molecular weight excluding hydrogens is 401 g/mol. The molecule has 1 aromatic heterocycles. The molecule has 9 heteroatoms. The minimum atomic E-state index is -4.49. The van der Waals surface area contributed by atoms with Crippen LogP contribution in [0.25, 0.3) is 11.3 Å². The second-order valence-corrected chi connectivity index (χ2v) is 7.26. The van der Waals surface area contributed by atoms with Gasteiger partial charge in [0.25, 0.3) is 5.91 Å². The largest absolute Gasteiger partial charge is 0.416 e. The van der Waals surface area contributed by atoms with Crippen LogP contribution in [0.2, 0.25) is 0 Å². The van der Waals surface area contributed by atoms with Gasteiger partial charge in [-0.05, 0) is 18.2 Å². The first-order chi connectivity index (χ1) is 13.7. The molecular formula is C20H17F3N4OS. The molecule has 1 N–H and O–H groups in total. The van der Waals surface area contributed by atoms with E-state index in [9.17, 15) is 18.0 Å². The van der Waals surface area contributed by atoms with Gasteiger partial charge in [-0.25, -0.2) is 9.98 Å². The van der Waals surface area contributed by atoms with Gasteiger partial charge in [0.05, 0.1) is 17.6 Å². The summed E-state index contributed by atoms with van der Waals surface area (Å²) in [5, 5.41) is 2.90. The van der Waals surface area contributed by atoms with Crippen LogP contribution in [-0.4, -0.2) is 36.2 Å². The predicted molar refractivity (Wildman–Crippen MR) is 109 cm³/mol. The van der Waals surface area contributed by atoms with Crippen molar-refractivity contribution >= 4 is 34.4 Å². The number of aliphatic imine (C=N–C) groups is 1. The van der Waals surface area contributed by atoms with Crippen molar-refractivity contribution < 1.29 is 18.0 Å². The van der Waals surface area contributed by atoms with Gasteiger partial charge in [0.2, 0.25) is 5.13 Å². The maximum absolute atomic E-state index is 12.9. The summed E-state index contributed by atoms with van der Waals surface area (Å²) < 4.78 is 38.8. The molecule has 150 valence electrons. The Morgan fingerprint density at radius 1 is 1.14 bits per heavy atom. The van der Waals surface area contributed by atoms with Crippen LogP contribution in [0.4, 0.5) is 24.0 Å². The van der Waals surface area contributed by atoms with E-state index in [-0.39, 0.29) is 10.6 Å². The molecule has 1 heterocycles. The fourth-order valence-electron chi connectivity index (χ4n) is 2.44. The fraction of sp³-hybridized carbons (Fsp3) is 0.150. The third-order valence-electron chi connectivity index (χ3n) is 3.72. The average molecular weight is 418 g/mol. The Kier molecular flexibility index (Phi) is 5.97. The van der Waals surface area contributed by atoms with Gasteiger partial charge >= 0.3 is 6.18 Å². The van der Waals surface area contributed by atoms with Crippen LogP contribution in [0.1, 0.15) is 15.2 Å². The number of hydrogen-bond donors (Lipinski definition) is 1. The molecule has 5 nitrogen and oxygen atoms in total. The lowest BCUT2D eigenvalue weighted by Gasteiger charge is -2.09. The summed E-state index contributed by atoms with van der Waals surface area (Å²) in [7, 11) is 3.60. The molecule has 0 aliphatic heterocycles. The van der Waals surface area contributed by atoms with E-state index in [0.717, 1.165) is 23.5 Å². The van der Waals surface area contributed by atoms with Crippen molar-refractivity contribution in [3.8, 4) is 11.3 Å². The molecule has 0 fully saturated rings. The van der Waals surface area contributed by atoms with Gasteiger partial charge in [0, 0.05) is 25.3 Å². The number of rotatable bonds is 5. The highest BCUT2D eigenvalue weighted by Gasteiger charge is 2.30. The van der Waals surface area contributed by atoms with Crippen LogP contribution in [0.15, 0.2) is 59.6 Å². The summed E-state index contributed by atoms with van der Waals surface area (Å²) in [6, 6.07) is 13.6. The fourth-order valence-corrected chi connectivity index (χ4v) is 3.26. The standard InChI is InChI=1S/C20H17F3N4OS/c1-27(2)12-24-19-26-16(13-7-4-3-5-8-13)17(29-19)18(28)25-15-10-6-9-14(11-15)20(21,22)23/h3-12H,1-2H3,(H,25,28)/b24-12+.